The molecule has 170 valence electrons. The van der Waals surface area contributed by atoms with E-state index >= 15 is 0 Å². The smallest absolute Gasteiger partial charge is 0.310 e. The van der Waals surface area contributed by atoms with Crippen molar-refractivity contribution in [3.05, 3.63) is 59.4 Å². The van der Waals surface area contributed by atoms with E-state index in [9.17, 15) is 31.1 Å². The van der Waals surface area contributed by atoms with Crippen molar-refractivity contribution in [2.45, 2.75) is 24.1 Å². The SMILES string of the molecule is O=C(CSc1ncc(-c2ccccc2)n1CC(F)(F)F)Nc1ncc(C(F)(F)F)cc1Cl. The van der Waals surface area contributed by atoms with Gasteiger partial charge in [0.05, 0.1) is 28.2 Å². The molecule has 3 aromatic rings. The van der Waals surface area contributed by atoms with E-state index in [1.807, 2.05) is 0 Å². The average Bonchev–Trinajstić information content (AvgIpc) is 3.08. The van der Waals surface area contributed by atoms with E-state index in [0.29, 0.717) is 17.8 Å². The number of nitrogens with zero attached hydrogens (tertiary/aromatic N) is 3. The summed E-state index contributed by atoms with van der Waals surface area (Å²) >= 11 is 6.47. The highest BCUT2D eigenvalue weighted by molar-refractivity contribution is 7.99. The molecule has 0 saturated carbocycles. The number of anilines is 1. The van der Waals surface area contributed by atoms with Gasteiger partial charge in [0.1, 0.15) is 6.54 Å². The van der Waals surface area contributed by atoms with Gasteiger partial charge in [-0.05, 0) is 11.6 Å². The van der Waals surface area contributed by atoms with Crippen molar-refractivity contribution in [1.82, 2.24) is 14.5 Å². The molecule has 0 aliphatic heterocycles. The van der Waals surface area contributed by atoms with Crippen molar-refractivity contribution in [2.24, 2.45) is 0 Å². The number of pyridine rings is 1. The highest BCUT2D eigenvalue weighted by Crippen LogP contribution is 2.33. The van der Waals surface area contributed by atoms with Crippen molar-refractivity contribution in [1.29, 1.82) is 0 Å². The van der Waals surface area contributed by atoms with Gasteiger partial charge in [0.2, 0.25) is 5.91 Å². The zero-order valence-corrected chi connectivity index (χ0v) is 17.4. The number of carbonyl (C=O) groups excluding carboxylic acids is 1. The minimum Gasteiger partial charge on any atom is -0.310 e. The average molecular weight is 495 g/mol. The van der Waals surface area contributed by atoms with E-state index in [4.69, 9.17) is 11.6 Å². The Kier molecular flexibility index (Phi) is 7.03. The molecule has 0 saturated heterocycles. The van der Waals surface area contributed by atoms with E-state index in [0.717, 1.165) is 16.3 Å². The van der Waals surface area contributed by atoms with Gasteiger partial charge in [-0.1, -0.05) is 53.7 Å². The van der Waals surface area contributed by atoms with Gasteiger partial charge in [-0.3, -0.25) is 4.79 Å². The van der Waals surface area contributed by atoms with Crippen LogP contribution < -0.4 is 5.32 Å². The second kappa shape index (κ2) is 9.41. The summed E-state index contributed by atoms with van der Waals surface area (Å²) in [6.45, 7) is -1.31. The Labute approximate surface area is 186 Å². The molecule has 2 heterocycles. The summed E-state index contributed by atoms with van der Waals surface area (Å²) in [5, 5.41) is 1.76. The Balaban J connectivity index is 1.74. The highest BCUT2D eigenvalue weighted by Gasteiger charge is 2.32. The second-order valence-electron chi connectivity index (χ2n) is 6.38. The first-order valence-corrected chi connectivity index (χ1v) is 10.1. The van der Waals surface area contributed by atoms with Gasteiger partial charge in [-0.15, -0.1) is 0 Å². The van der Waals surface area contributed by atoms with Crippen LogP contribution in [0.1, 0.15) is 5.56 Å². The Morgan fingerprint density at radius 2 is 1.75 bits per heavy atom. The maximum absolute atomic E-state index is 13.1. The predicted molar refractivity (Wildman–Crippen MR) is 107 cm³/mol. The minimum absolute atomic E-state index is 0.0530. The van der Waals surface area contributed by atoms with Gasteiger partial charge in [0, 0.05) is 6.20 Å². The molecule has 1 N–H and O–H groups in total. The number of alkyl halides is 6. The number of hydrogen-bond acceptors (Lipinski definition) is 4. The van der Waals surface area contributed by atoms with Crippen LogP contribution in [0.2, 0.25) is 5.02 Å². The fourth-order valence-corrected chi connectivity index (χ4v) is 3.62. The van der Waals surface area contributed by atoms with E-state index < -0.39 is 35.4 Å². The number of hydrogen-bond donors (Lipinski definition) is 1. The summed E-state index contributed by atoms with van der Waals surface area (Å²) in [4.78, 5) is 19.7. The van der Waals surface area contributed by atoms with E-state index in [-0.39, 0.29) is 22.4 Å². The zero-order chi connectivity index (χ0) is 23.5. The fourth-order valence-electron chi connectivity index (χ4n) is 2.63. The van der Waals surface area contributed by atoms with E-state index in [1.54, 1.807) is 30.3 Å². The summed E-state index contributed by atoms with van der Waals surface area (Å²) < 4.78 is 78.3. The number of carbonyl (C=O) groups is 1. The zero-order valence-electron chi connectivity index (χ0n) is 15.8. The maximum Gasteiger partial charge on any atom is 0.417 e. The lowest BCUT2D eigenvalue weighted by molar-refractivity contribution is -0.141. The summed E-state index contributed by atoms with van der Waals surface area (Å²) in [5.41, 5.74) is -0.350. The normalized spacial score (nSPS) is 12.1. The molecule has 3 rings (SSSR count). The van der Waals surface area contributed by atoms with Crippen LogP contribution in [0.3, 0.4) is 0 Å². The largest absolute Gasteiger partial charge is 0.417 e. The first-order chi connectivity index (χ1) is 14.9. The molecule has 0 aliphatic rings. The van der Waals surface area contributed by atoms with E-state index in [2.05, 4.69) is 15.3 Å². The summed E-state index contributed by atoms with van der Waals surface area (Å²) in [6.07, 6.45) is -7.40. The van der Waals surface area contributed by atoms with Gasteiger partial charge in [0.25, 0.3) is 0 Å². The lowest BCUT2D eigenvalue weighted by Crippen LogP contribution is -2.20. The molecular weight excluding hydrogens is 482 g/mol. The molecule has 0 radical (unpaired) electrons. The number of amides is 1. The van der Waals surface area contributed by atoms with Crippen molar-refractivity contribution >= 4 is 35.1 Å². The summed E-state index contributed by atoms with van der Waals surface area (Å²) in [6, 6.07) is 8.92. The van der Waals surface area contributed by atoms with Crippen LogP contribution in [0.4, 0.5) is 32.2 Å². The standard InChI is InChI=1S/C19H13ClF6N4OS/c20-13-6-12(19(24,25)26)7-27-16(13)29-15(31)9-32-17-28-8-14(11-4-2-1-3-5-11)30(17)10-18(21,22)23/h1-8H,9-10H2,(H,27,29,31). The number of halogens is 7. The molecule has 0 aliphatic carbocycles. The molecule has 0 fully saturated rings. The number of thioether (sulfide) groups is 1. The molecule has 0 unspecified atom stereocenters. The number of benzene rings is 1. The third-order valence-corrected chi connectivity index (χ3v) is 5.26. The summed E-state index contributed by atoms with van der Waals surface area (Å²) in [5.74, 6) is -1.40. The molecule has 32 heavy (non-hydrogen) atoms. The van der Waals surface area contributed by atoms with Crippen LogP contribution in [0.25, 0.3) is 11.3 Å². The molecule has 13 heteroatoms. The number of nitrogens with one attached hydrogen (secondary N) is 1. The minimum atomic E-state index is -4.65. The number of imidazole rings is 1. The Morgan fingerprint density at radius 3 is 2.34 bits per heavy atom. The van der Waals surface area contributed by atoms with Crippen LogP contribution in [0, 0.1) is 0 Å². The Morgan fingerprint density at radius 1 is 1.06 bits per heavy atom. The topological polar surface area (TPSA) is 59.8 Å². The molecule has 5 nitrogen and oxygen atoms in total. The van der Waals surface area contributed by atoms with Crippen LogP contribution >= 0.6 is 23.4 Å². The first kappa shape index (κ1) is 23.9. The Hall–Kier alpha value is -2.73. The fraction of sp³-hybridized carbons (Fsp3) is 0.211. The third-order valence-electron chi connectivity index (χ3n) is 3.98. The van der Waals surface area contributed by atoms with Crippen molar-refractivity contribution < 1.29 is 31.1 Å². The first-order valence-electron chi connectivity index (χ1n) is 8.77. The quantitative estimate of drug-likeness (QED) is 0.342. The van der Waals surface area contributed by atoms with Gasteiger partial charge < -0.3 is 9.88 Å². The molecule has 0 atom stereocenters. The van der Waals surface area contributed by atoms with Crippen molar-refractivity contribution in [3.63, 3.8) is 0 Å². The predicted octanol–water partition coefficient (Wildman–Crippen LogP) is 5.91. The molecular formula is C19H13ClF6N4OS. The van der Waals surface area contributed by atoms with Gasteiger partial charge in [0.15, 0.2) is 11.0 Å². The summed E-state index contributed by atoms with van der Waals surface area (Å²) in [7, 11) is 0. The Bertz CT molecular complexity index is 1100. The van der Waals surface area contributed by atoms with Crippen LogP contribution in [0.15, 0.2) is 53.9 Å². The van der Waals surface area contributed by atoms with Gasteiger partial charge in [-0.2, -0.15) is 26.3 Å². The monoisotopic (exact) mass is 494 g/mol. The van der Waals surface area contributed by atoms with Crippen molar-refractivity contribution in [2.75, 3.05) is 11.1 Å². The number of aromatic nitrogens is 3. The highest BCUT2D eigenvalue weighted by atomic mass is 35.5. The maximum atomic E-state index is 13.1. The van der Waals surface area contributed by atoms with Gasteiger partial charge >= 0.3 is 12.4 Å². The van der Waals surface area contributed by atoms with Gasteiger partial charge in [-0.25, -0.2) is 9.97 Å². The number of rotatable bonds is 6. The lowest BCUT2D eigenvalue weighted by atomic mass is 10.2. The molecule has 2 aromatic heterocycles. The lowest BCUT2D eigenvalue weighted by Gasteiger charge is -2.14. The molecule has 1 aromatic carbocycles. The molecule has 0 spiro atoms. The molecule has 0 bridgehead atoms. The molecule has 1 amide bonds. The third kappa shape index (κ3) is 6.16. The second-order valence-corrected chi connectivity index (χ2v) is 7.73. The van der Waals surface area contributed by atoms with Crippen molar-refractivity contribution in [3.8, 4) is 11.3 Å². The van der Waals surface area contributed by atoms with Crippen LogP contribution in [0.5, 0.6) is 0 Å². The van der Waals surface area contributed by atoms with E-state index in [1.165, 1.54) is 6.20 Å². The van der Waals surface area contributed by atoms with Crippen LogP contribution in [-0.4, -0.2) is 32.4 Å². The van der Waals surface area contributed by atoms with Crippen LogP contribution in [-0.2, 0) is 17.5 Å².